The van der Waals surface area contributed by atoms with Crippen LogP contribution in [0, 0.1) is 0 Å². The zero-order valence-electron chi connectivity index (χ0n) is 15.3. The Kier molecular flexibility index (Phi) is 6.94. The van der Waals surface area contributed by atoms with Gasteiger partial charge >= 0.3 is 0 Å². The number of nitrogens with one attached hydrogen (secondary N) is 1. The Labute approximate surface area is 164 Å². The van der Waals surface area contributed by atoms with Gasteiger partial charge in [0.15, 0.2) is 0 Å². The fourth-order valence-electron chi connectivity index (χ4n) is 2.75. The summed E-state index contributed by atoms with van der Waals surface area (Å²) in [6.07, 6.45) is 0. The van der Waals surface area contributed by atoms with Crippen LogP contribution in [0.4, 0.5) is 5.69 Å². The number of ether oxygens (including phenoxy) is 1. The van der Waals surface area contributed by atoms with Gasteiger partial charge in [0.2, 0.25) is 5.91 Å². The molecular weight excluding hydrogens is 354 g/mol. The largest absolute Gasteiger partial charge is 0.492 e. The molecule has 0 aliphatic rings. The second-order valence-corrected chi connectivity index (χ2v) is 7.10. The molecule has 1 N–H and O–H groups in total. The first-order chi connectivity index (χ1) is 13.3. The minimum absolute atomic E-state index is 0.0470. The second kappa shape index (κ2) is 9.83. The predicted molar refractivity (Wildman–Crippen MR) is 113 cm³/mol. The Morgan fingerprint density at radius 2 is 1.56 bits per heavy atom. The summed E-state index contributed by atoms with van der Waals surface area (Å²) < 4.78 is 5.63. The van der Waals surface area contributed by atoms with Gasteiger partial charge in [-0.15, -0.1) is 11.8 Å². The number of carbonyl (C=O) groups is 1. The molecule has 4 heteroatoms. The van der Waals surface area contributed by atoms with Crippen molar-refractivity contribution < 1.29 is 9.53 Å². The van der Waals surface area contributed by atoms with Crippen molar-refractivity contribution >= 4 is 23.4 Å². The van der Waals surface area contributed by atoms with Gasteiger partial charge in [0.05, 0.1) is 12.3 Å². The van der Waals surface area contributed by atoms with Crippen molar-refractivity contribution in [1.29, 1.82) is 0 Å². The van der Waals surface area contributed by atoms with Gasteiger partial charge in [0, 0.05) is 5.75 Å². The van der Waals surface area contributed by atoms with Crippen molar-refractivity contribution in [3.63, 3.8) is 0 Å². The molecule has 0 aliphatic carbocycles. The Hall–Kier alpha value is -2.72. The summed E-state index contributed by atoms with van der Waals surface area (Å²) in [7, 11) is 0. The first-order valence-corrected chi connectivity index (χ1v) is 10.1. The van der Waals surface area contributed by atoms with E-state index in [1.54, 1.807) is 11.8 Å². The summed E-state index contributed by atoms with van der Waals surface area (Å²) in [5.74, 6) is 1.41. The van der Waals surface area contributed by atoms with Crippen molar-refractivity contribution in [1.82, 2.24) is 0 Å². The summed E-state index contributed by atoms with van der Waals surface area (Å²) in [5.41, 5.74) is 2.89. The molecule has 0 radical (unpaired) electrons. The molecule has 1 amide bonds. The zero-order valence-corrected chi connectivity index (χ0v) is 16.1. The highest BCUT2D eigenvalue weighted by atomic mass is 32.2. The van der Waals surface area contributed by atoms with E-state index < -0.39 is 0 Å². The van der Waals surface area contributed by atoms with Gasteiger partial charge in [-0.25, -0.2) is 0 Å². The molecule has 0 saturated carbocycles. The highest BCUT2D eigenvalue weighted by molar-refractivity contribution is 7.99. The molecule has 27 heavy (non-hydrogen) atoms. The molecule has 0 aliphatic heterocycles. The lowest BCUT2D eigenvalue weighted by Gasteiger charge is -2.18. The van der Waals surface area contributed by atoms with Crippen molar-refractivity contribution in [3.8, 4) is 5.75 Å². The normalized spacial score (nSPS) is 11.6. The summed E-state index contributed by atoms with van der Waals surface area (Å²) in [6.45, 7) is 2.48. The minimum Gasteiger partial charge on any atom is -0.492 e. The van der Waals surface area contributed by atoms with Crippen LogP contribution in [0.3, 0.4) is 0 Å². The van der Waals surface area contributed by atoms with E-state index in [0.29, 0.717) is 18.0 Å². The lowest BCUT2D eigenvalue weighted by molar-refractivity contribution is -0.115. The van der Waals surface area contributed by atoms with Crippen LogP contribution < -0.4 is 10.1 Å². The zero-order chi connectivity index (χ0) is 18.9. The Balaban J connectivity index is 1.79. The number of amides is 1. The molecule has 0 spiro atoms. The highest BCUT2D eigenvalue weighted by Gasteiger charge is 2.22. The number of thioether (sulfide) groups is 1. The third-order valence-corrected chi connectivity index (χ3v) is 5.36. The second-order valence-electron chi connectivity index (χ2n) is 6.01. The van der Waals surface area contributed by atoms with Gasteiger partial charge < -0.3 is 10.1 Å². The number of para-hydroxylation sites is 2. The van der Waals surface area contributed by atoms with Crippen LogP contribution in [0.5, 0.6) is 5.75 Å². The molecule has 0 fully saturated rings. The Morgan fingerprint density at radius 1 is 0.926 bits per heavy atom. The number of rotatable bonds is 8. The molecule has 3 nitrogen and oxygen atoms in total. The van der Waals surface area contributed by atoms with Crippen LogP contribution in [0.1, 0.15) is 23.3 Å². The van der Waals surface area contributed by atoms with E-state index in [0.717, 1.165) is 11.3 Å². The standard InChI is InChI=1S/C23H23NO2S/c1-2-26-21-16-10-9-15-20(21)24-23(25)22(19-13-7-4-8-14-19)27-17-18-11-5-3-6-12-18/h3-16,22H,2,17H2,1H3,(H,24,25)/t22-/m0/s1. The van der Waals surface area contributed by atoms with E-state index >= 15 is 0 Å². The topological polar surface area (TPSA) is 38.3 Å². The predicted octanol–water partition coefficient (Wildman–Crippen LogP) is 5.70. The molecule has 0 unspecified atom stereocenters. The third-order valence-electron chi connectivity index (χ3n) is 4.04. The fourth-order valence-corrected chi connectivity index (χ4v) is 3.87. The number of carbonyl (C=O) groups excluding carboxylic acids is 1. The van der Waals surface area contributed by atoms with Gasteiger partial charge in [0.1, 0.15) is 11.0 Å². The molecule has 138 valence electrons. The van der Waals surface area contributed by atoms with Crippen LogP contribution in [0.25, 0.3) is 0 Å². The van der Waals surface area contributed by atoms with Crippen molar-refractivity contribution in [2.24, 2.45) is 0 Å². The molecule has 1 atom stereocenters. The monoisotopic (exact) mass is 377 g/mol. The van der Waals surface area contributed by atoms with Crippen molar-refractivity contribution in [3.05, 3.63) is 96.1 Å². The SMILES string of the molecule is CCOc1ccccc1NC(=O)[C@@H](SCc1ccccc1)c1ccccc1. The van der Waals surface area contributed by atoms with Gasteiger partial charge in [-0.1, -0.05) is 72.8 Å². The molecule has 3 rings (SSSR count). The summed E-state index contributed by atoms with van der Waals surface area (Å²) in [5, 5.41) is 2.74. The minimum atomic E-state index is -0.305. The van der Waals surface area contributed by atoms with Gasteiger partial charge in [-0.2, -0.15) is 0 Å². The molecule has 0 saturated heterocycles. The van der Waals surface area contributed by atoms with E-state index in [2.05, 4.69) is 17.4 Å². The van der Waals surface area contributed by atoms with Crippen molar-refractivity contribution in [2.45, 2.75) is 17.9 Å². The highest BCUT2D eigenvalue weighted by Crippen LogP contribution is 2.34. The Bertz CT molecular complexity index is 853. The van der Waals surface area contributed by atoms with Gasteiger partial charge in [-0.05, 0) is 30.2 Å². The lowest BCUT2D eigenvalue weighted by atomic mass is 10.1. The number of hydrogen-bond acceptors (Lipinski definition) is 3. The number of anilines is 1. The first-order valence-electron chi connectivity index (χ1n) is 9.01. The summed E-state index contributed by atoms with van der Waals surface area (Å²) >= 11 is 1.62. The van der Waals surface area contributed by atoms with E-state index in [-0.39, 0.29) is 11.2 Å². The van der Waals surface area contributed by atoms with E-state index in [1.165, 1.54) is 5.56 Å². The maximum absolute atomic E-state index is 13.1. The van der Waals surface area contributed by atoms with E-state index in [9.17, 15) is 4.79 Å². The molecule has 3 aromatic rings. The third kappa shape index (κ3) is 5.38. The maximum Gasteiger partial charge on any atom is 0.242 e. The molecular formula is C23H23NO2S. The van der Waals surface area contributed by atoms with Crippen LogP contribution >= 0.6 is 11.8 Å². The maximum atomic E-state index is 13.1. The molecule has 0 bridgehead atoms. The lowest BCUT2D eigenvalue weighted by Crippen LogP contribution is -2.19. The number of benzene rings is 3. The smallest absolute Gasteiger partial charge is 0.242 e. The van der Waals surface area contributed by atoms with Crippen LogP contribution in [-0.2, 0) is 10.5 Å². The molecule has 0 aromatic heterocycles. The fraction of sp³-hybridized carbons (Fsp3) is 0.174. The Morgan fingerprint density at radius 3 is 2.26 bits per heavy atom. The average molecular weight is 378 g/mol. The molecule has 3 aromatic carbocycles. The quantitative estimate of drug-likeness (QED) is 0.547. The van der Waals surface area contributed by atoms with E-state index in [1.807, 2.05) is 79.7 Å². The first kappa shape index (κ1) is 19.1. The number of hydrogen-bond donors (Lipinski definition) is 1. The van der Waals surface area contributed by atoms with Crippen LogP contribution in [-0.4, -0.2) is 12.5 Å². The summed E-state index contributed by atoms with van der Waals surface area (Å²) in [4.78, 5) is 13.1. The summed E-state index contributed by atoms with van der Waals surface area (Å²) in [6, 6.07) is 27.6. The van der Waals surface area contributed by atoms with Gasteiger partial charge in [0.25, 0.3) is 0 Å². The average Bonchev–Trinajstić information content (AvgIpc) is 2.71. The van der Waals surface area contributed by atoms with Gasteiger partial charge in [-0.3, -0.25) is 4.79 Å². The van der Waals surface area contributed by atoms with Crippen molar-refractivity contribution in [2.75, 3.05) is 11.9 Å². The van der Waals surface area contributed by atoms with Crippen LogP contribution in [0.15, 0.2) is 84.9 Å². The molecule has 0 heterocycles. The van der Waals surface area contributed by atoms with E-state index in [4.69, 9.17) is 4.74 Å². The van der Waals surface area contributed by atoms with Crippen LogP contribution in [0.2, 0.25) is 0 Å².